The van der Waals surface area contributed by atoms with Crippen LogP contribution in [0.1, 0.15) is 5.56 Å². The first-order valence-corrected chi connectivity index (χ1v) is 12.6. The molecule has 0 bridgehead atoms. The van der Waals surface area contributed by atoms with Gasteiger partial charge in [-0.25, -0.2) is 0 Å². The molecule has 0 fully saturated rings. The number of hydrogen-bond donors (Lipinski definition) is 0. The Balaban J connectivity index is 1.40. The summed E-state index contributed by atoms with van der Waals surface area (Å²) in [7, 11) is -5.77. The van der Waals surface area contributed by atoms with E-state index in [4.69, 9.17) is 8.83 Å². The molecular weight excluding hydrogens is 505 g/mol. The molecule has 7 aromatic rings. The van der Waals surface area contributed by atoms with Crippen molar-refractivity contribution >= 4 is 75.5 Å². The third-order valence-electron chi connectivity index (χ3n) is 6.60. The second kappa shape index (κ2) is 7.17. The zero-order chi connectivity index (χ0) is 25.7. The maximum Gasteiger partial charge on any atom is 0.534 e. The van der Waals surface area contributed by atoms with Gasteiger partial charge in [0.2, 0.25) is 0 Å². The lowest BCUT2D eigenvalue weighted by Gasteiger charge is -2.10. The van der Waals surface area contributed by atoms with E-state index in [1.54, 1.807) is 6.07 Å². The second-order valence-electron chi connectivity index (χ2n) is 9.09. The van der Waals surface area contributed by atoms with Crippen LogP contribution in [0.25, 0.3) is 65.4 Å². The van der Waals surface area contributed by atoms with Crippen LogP contribution in [0.15, 0.2) is 81.6 Å². The lowest BCUT2D eigenvalue weighted by Crippen LogP contribution is -2.28. The van der Waals surface area contributed by atoms with Gasteiger partial charge in [-0.3, -0.25) is 0 Å². The van der Waals surface area contributed by atoms with Crippen LogP contribution >= 0.6 is 0 Å². The Hall–Kier alpha value is -4.24. The molecule has 7 rings (SSSR count). The van der Waals surface area contributed by atoms with Crippen LogP contribution in [-0.2, 0) is 10.1 Å². The lowest BCUT2D eigenvalue weighted by atomic mass is 10.0. The van der Waals surface area contributed by atoms with Gasteiger partial charge in [0.15, 0.2) is 0 Å². The van der Waals surface area contributed by atoms with Gasteiger partial charge >= 0.3 is 15.6 Å². The molecule has 184 valence electrons. The van der Waals surface area contributed by atoms with E-state index in [1.165, 1.54) is 23.8 Å². The van der Waals surface area contributed by atoms with Crippen molar-refractivity contribution in [3.63, 3.8) is 0 Å². The van der Waals surface area contributed by atoms with Crippen LogP contribution in [-0.4, -0.2) is 13.9 Å². The van der Waals surface area contributed by atoms with Crippen LogP contribution < -0.4 is 4.18 Å². The number of fused-ring (bicyclic) bond motifs is 8. The highest BCUT2D eigenvalue weighted by Gasteiger charge is 2.48. The van der Waals surface area contributed by atoms with Crippen LogP contribution in [0.3, 0.4) is 0 Å². The minimum atomic E-state index is -5.77. The molecule has 0 aliphatic heterocycles. The minimum Gasteiger partial charge on any atom is -0.456 e. The zero-order valence-electron chi connectivity index (χ0n) is 19.0. The van der Waals surface area contributed by atoms with Gasteiger partial charge in [-0.05, 0) is 77.0 Å². The summed E-state index contributed by atoms with van der Waals surface area (Å²) in [6.45, 7) is 2.05. The number of benzene rings is 5. The van der Waals surface area contributed by atoms with Gasteiger partial charge in [0.25, 0.3) is 0 Å². The van der Waals surface area contributed by atoms with Gasteiger partial charge in [0.1, 0.15) is 28.1 Å². The molecule has 0 N–H and O–H groups in total. The number of furan rings is 2. The van der Waals surface area contributed by atoms with Gasteiger partial charge in [0.05, 0.1) is 0 Å². The third kappa shape index (κ3) is 3.34. The Morgan fingerprint density at radius 1 is 0.622 bits per heavy atom. The van der Waals surface area contributed by atoms with Crippen molar-refractivity contribution in [2.45, 2.75) is 12.4 Å². The monoisotopic (exact) mass is 520 g/mol. The van der Waals surface area contributed by atoms with Crippen molar-refractivity contribution < 1.29 is 34.6 Å². The summed E-state index contributed by atoms with van der Waals surface area (Å²) in [5, 5.41) is 6.83. The summed E-state index contributed by atoms with van der Waals surface area (Å²) >= 11 is 0. The number of halogens is 3. The SMILES string of the molecule is Cc1ccc2cc3c(cc2c1)oc1cc2c(cc13)oc1cc3cc(OS(=O)(=O)C(F)(F)F)ccc3cc12. The van der Waals surface area contributed by atoms with Crippen molar-refractivity contribution in [3.8, 4) is 5.75 Å². The molecule has 0 aliphatic carbocycles. The normalized spacial score (nSPS) is 13.1. The molecule has 5 nitrogen and oxygen atoms in total. The topological polar surface area (TPSA) is 69.7 Å². The molecule has 0 saturated heterocycles. The Labute approximate surface area is 206 Å². The first-order valence-electron chi connectivity index (χ1n) is 11.2. The average molecular weight is 520 g/mol. The molecule has 9 heteroatoms. The summed E-state index contributed by atoms with van der Waals surface area (Å²) in [6, 6.07) is 21.6. The molecule has 2 aromatic heterocycles. The van der Waals surface area contributed by atoms with E-state index in [2.05, 4.69) is 28.4 Å². The average Bonchev–Trinajstić information content (AvgIpc) is 3.34. The van der Waals surface area contributed by atoms with Gasteiger partial charge in [-0.2, -0.15) is 21.6 Å². The maximum atomic E-state index is 12.7. The van der Waals surface area contributed by atoms with Crippen LogP contribution in [0.4, 0.5) is 13.2 Å². The van der Waals surface area contributed by atoms with E-state index in [0.717, 1.165) is 37.9 Å². The van der Waals surface area contributed by atoms with Crippen molar-refractivity contribution in [3.05, 3.63) is 78.4 Å². The van der Waals surface area contributed by atoms with Gasteiger partial charge in [-0.15, -0.1) is 0 Å². The largest absolute Gasteiger partial charge is 0.534 e. The van der Waals surface area contributed by atoms with Gasteiger partial charge < -0.3 is 13.0 Å². The van der Waals surface area contributed by atoms with Crippen LogP contribution in [0.5, 0.6) is 5.75 Å². The quantitative estimate of drug-likeness (QED) is 0.169. The standard InChI is InChI=1S/C28H15F3O5S/c1-14-2-3-15-8-20-22-12-27-23(13-26(22)34-24(20)10-17(15)6-14)21-9-16-4-5-19(7-18(16)11-25(21)35-27)36-37(32,33)28(29,30)31/h2-13H,1H3. The Kier molecular flexibility index (Phi) is 4.26. The fourth-order valence-electron chi connectivity index (χ4n) is 4.85. The van der Waals surface area contributed by atoms with Crippen molar-refractivity contribution in [2.75, 3.05) is 0 Å². The Morgan fingerprint density at radius 3 is 1.68 bits per heavy atom. The van der Waals surface area contributed by atoms with Crippen molar-refractivity contribution in [2.24, 2.45) is 0 Å². The molecule has 0 saturated carbocycles. The summed E-state index contributed by atoms with van der Waals surface area (Å²) in [5.41, 5.74) is -1.75. The van der Waals surface area contributed by atoms with E-state index in [0.29, 0.717) is 27.5 Å². The number of aryl methyl sites for hydroxylation is 1. The fraction of sp³-hybridized carbons (Fsp3) is 0.0714. The number of alkyl halides is 3. The molecule has 0 radical (unpaired) electrons. The number of rotatable bonds is 2. The number of hydrogen-bond acceptors (Lipinski definition) is 5. The lowest BCUT2D eigenvalue weighted by molar-refractivity contribution is -0.0500. The molecule has 0 spiro atoms. The van der Waals surface area contributed by atoms with E-state index in [1.807, 2.05) is 31.2 Å². The van der Waals surface area contributed by atoms with E-state index >= 15 is 0 Å². The highest BCUT2D eigenvalue weighted by molar-refractivity contribution is 7.88. The van der Waals surface area contributed by atoms with Gasteiger partial charge in [-0.1, -0.05) is 29.8 Å². The zero-order valence-corrected chi connectivity index (χ0v) is 19.8. The molecule has 2 heterocycles. The molecule has 37 heavy (non-hydrogen) atoms. The fourth-order valence-corrected chi connectivity index (χ4v) is 5.30. The smallest absolute Gasteiger partial charge is 0.456 e. The predicted octanol–water partition coefficient (Wildman–Crippen LogP) is 8.33. The van der Waals surface area contributed by atoms with Crippen molar-refractivity contribution in [1.29, 1.82) is 0 Å². The molecule has 0 unspecified atom stereocenters. The maximum absolute atomic E-state index is 12.7. The summed E-state index contributed by atoms with van der Waals surface area (Å²) in [4.78, 5) is 0. The van der Waals surface area contributed by atoms with E-state index < -0.39 is 21.4 Å². The highest BCUT2D eigenvalue weighted by Crippen LogP contribution is 2.39. The first kappa shape index (κ1) is 22.0. The van der Waals surface area contributed by atoms with Crippen LogP contribution in [0.2, 0.25) is 0 Å². The van der Waals surface area contributed by atoms with E-state index in [-0.39, 0.29) is 0 Å². The Morgan fingerprint density at radius 2 is 1.11 bits per heavy atom. The second-order valence-corrected chi connectivity index (χ2v) is 10.6. The van der Waals surface area contributed by atoms with Crippen LogP contribution in [0, 0.1) is 6.92 Å². The molecule has 0 amide bonds. The molecule has 0 aliphatic rings. The van der Waals surface area contributed by atoms with Crippen molar-refractivity contribution in [1.82, 2.24) is 0 Å². The van der Waals surface area contributed by atoms with Gasteiger partial charge in [0, 0.05) is 21.5 Å². The summed E-state index contributed by atoms with van der Waals surface area (Å²) < 4.78 is 77.5. The summed E-state index contributed by atoms with van der Waals surface area (Å²) in [5.74, 6) is -0.438. The van der Waals surface area contributed by atoms with E-state index in [9.17, 15) is 21.6 Å². The predicted molar refractivity (Wildman–Crippen MR) is 136 cm³/mol. The third-order valence-corrected chi connectivity index (χ3v) is 7.57. The minimum absolute atomic E-state index is 0.438. The Bertz CT molecular complexity index is 2190. The highest BCUT2D eigenvalue weighted by atomic mass is 32.2. The molecular formula is C28H15F3O5S. The molecule has 0 atom stereocenters. The molecule has 5 aromatic carbocycles. The summed E-state index contributed by atoms with van der Waals surface area (Å²) in [6.07, 6.45) is 0. The first-order chi connectivity index (χ1) is 17.6.